The zero-order valence-electron chi connectivity index (χ0n) is 12.9. The zero-order chi connectivity index (χ0) is 13.8. The lowest BCUT2D eigenvalue weighted by molar-refractivity contribution is 0.344. The molecule has 0 spiro atoms. The van der Waals surface area contributed by atoms with Gasteiger partial charge in [0.1, 0.15) is 0 Å². The summed E-state index contributed by atoms with van der Waals surface area (Å²) in [5.41, 5.74) is 1.84. The molecule has 1 aromatic heterocycles. The summed E-state index contributed by atoms with van der Waals surface area (Å²) in [5, 5.41) is 7.92. The zero-order valence-corrected chi connectivity index (χ0v) is 12.9. The molecule has 0 saturated heterocycles. The van der Waals surface area contributed by atoms with Crippen molar-refractivity contribution in [2.75, 3.05) is 0 Å². The fourth-order valence-corrected chi connectivity index (χ4v) is 1.83. The Kier molecular flexibility index (Phi) is 4.97. The van der Waals surface area contributed by atoms with E-state index in [1.807, 2.05) is 6.20 Å². The van der Waals surface area contributed by atoms with Crippen LogP contribution in [0.4, 0.5) is 0 Å². The van der Waals surface area contributed by atoms with Gasteiger partial charge in [-0.1, -0.05) is 20.8 Å². The number of aromatic nitrogens is 2. The maximum atomic E-state index is 4.41. The molecule has 0 amide bonds. The van der Waals surface area contributed by atoms with Crippen molar-refractivity contribution < 1.29 is 0 Å². The molecule has 1 N–H and O–H groups in total. The maximum absolute atomic E-state index is 4.41. The molecule has 18 heavy (non-hydrogen) atoms. The monoisotopic (exact) mass is 251 g/mol. The molecule has 1 aromatic rings. The Labute approximate surface area is 112 Å². The summed E-state index contributed by atoms with van der Waals surface area (Å²) in [4.78, 5) is 0. The van der Waals surface area contributed by atoms with Gasteiger partial charge in [-0.2, -0.15) is 5.10 Å². The summed E-state index contributed by atoms with van der Waals surface area (Å²) in [6, 6.07) is 2.11. The Balaban J connectivity index is 2.45. The summed E-state index contributed by atoms with van der Waals surface area (Å²) < 4.78 is 2.13. The standard InChI is InChI=1S/C15H29N3/c1-14(2,3)9-7-11-18-13(8-10-17-18)12-16-15(4,5)6/h8,10,16H,7,9,11-12H2,1-6H3. The molecule has 0 atom stereocenters. The number of nitrogens with zero attached hydrogens (tertiary/aromatic N) is 2. The highest BCUT2D eigenvalue weighted by atomic mass is 15.3. The topological polar surface area (TPSA) is 29.9 Å². The molecule has 0 aliphatic carbocycles. The third-order valence-electron chi connectivity index (χ3n) is 2.90. The third kappa shape index (κ3) is 6.20. The lowest BCUT2D eigenvalue weighted by Crippen LogP contribution is -2.35. The summed E-state index contributed by atoms with van der Waals surface area (Å²) in [6.45, 7) is 15.3. The van der Waals surface area contributed by atoms with Gasteiger partial charge in [0.15, 0.2) is 0 Å². The lowest BCUT2D eigenvalue weighted by atomic mass is 9.91. The predicted octanol–water partition coefficient (Wildman–Crippen LogP) is 3.60. The first-order valence-corrected chi connectivity index (χ1v) is 6.93. The van der Waals surface area contributed by atoms with E-state index in [9.17, 15) is 0 Å². The summed E-state index contributed by atoms with van der Waals surface area (Å²) in [6.07, 6.45) is 4.32. The second-order valence-corrected chi connectivity index (χ2v) is 7.31. The number of aryl methyl sites for hydroxylation is 1. The first-order valence-electron chi connectivity index (χ1n) is 6.93. The van der Waals surface area contributed by atoms with Gasteiger partial charge in [0, 0.05) is 24.8 Å². The smallest absolute Gasteiger partial charge is 0.0522 e. The predicted molar refractivity (Wildman–Crippen MR) is 77.5 cm³/mol. The molecule has 1 heterocycles. The van der Waals surface area contributed by atoms with Crippen LogP contribution in [0.5, 0.6) is 0 Å². The highest BCUT2D eigenvalue weighted by molar-refractivity contribution is 5.00. The summed E-state index contributed by atoms with van der Waals surface area (Å²) in [5.74, 6) is 0. The summed E-state index contributed by atoms with van der Waals surface area (Å²) >= 11 is 0. The van der Waals surface area contributed by atoms with Crippen molar-refractivity contribution in [3.8, 4) is 0 Å². The fraction of sp³-hybridized carbons (Fsp3) is 0.800. The van der Waals surface area contributed by atoms with Gasteiger partial charge in [0.25, 0.3) is 0 Å². The average molecular weight is 251 g/mol. The molecule has 3 nitrogen and oxygen atoms in total. The van der Waals surface area contributed by atoms with Crippen molar-refractivity contribution in [2.24, 2.45) is 5.41 Å². The Morgan fingerprint density at radius 3 is 2.39 bits per heavy atom. The molecule has 0 unspecified atom stereocenters. The van der Waals surface area contributed by atoms with Gasteiger partial charge in [-0.15, -0.1) is 0 Å². The van der Waals surface area contributed by atoms with Gasteiger partial charge in [-0.25, -0.2) is 0 Å². The molecule has 0 aliphatic rings. The quantitative estimate of drug-likeness (QED) is 0.866. The van der Waals surface area contributed by atoms with Crippen LogP contribution in [-0.2, 0) is 13.1 Å². The first kappa shape index (κ1) is 15.2. The van der Waals surface area contributed by atoms with Gasteiger partial charge in [0.05, 0.1) is 5.69 Å². The van der Waals surface area contributed by atoms with Crippen LogP contribution in [0.25, 0.3) is 0 Å². The lowest BCUT2D eigenvalue weighted by Gasteiger charge is -2.21. The Morgan fingerprint density at radius 2 is 1.83 bits per heavy atom. The molecular formula is C15H29N3. The van der Waals surface area contributed by atoms with E-state index in [4.69, 9.17) is 0 Å². The van der Waals surface area contributed by atoms with Crippen molar-refractivity contribution in [1.82, 2.24) is 15.1 Å². The third-order valence-corrected chi connectivity index (χ3v) is 2.90. The average Bonchev–Trinajstić information content (AvgIpc) is 2.59. The van der Waals surface area contributed by atoms with Crippen LogP contribution >= 0.6 is 0 Å². The number of rotatable bonds is 5. The molecule has 0 aliphatic heterocycles. The van der Waals surface area contributed by atoms with Gasteiger partial charge in [-0.3, -0.25) is 4.68 Å². The SMILES string of the molecule is CC(C)(C)CCCn1nccc1CNC(C)(C)C. The maximum Gasteiger partial charge on any atom is 0.0522 e. The van der Waals surface area contributed by atoms with E-state index in [1.165, 1.54) is 18.5 Å². The molecule has 0 radical (unpaired) electrons. The molecule has 0 aromatic carbocycles. The van der Waals surface area contributed by atoms with Crippen molar-refractivity contribution in [1.29, 1.82) is 0 Å². The van der Waals surface area contributed by atoms with Crippen molar-refractivity contribution in [3.63, 3.8) is 0 Å². The Hall–Kier alpha value is -0.830. The Bertz CT molecular complexity index is 353. The molecule has 0 fully saturated rings. The van der Waals surface area contributed by atoms with E-state index < -0.39 is 0 Å². The molecule has 104 valence electrons. The number of nitrogens with one attached hydrogen (secondary N) is 1. The van der Waals surface area contributed by atoms with Gasteiger partial charge in [-0.05, 0) is 45.1 Å². The van der Waals surface area contributed by atoms with Crippen LogP contribution in [0.15, 0.2) is 12.3 Å². The van der Waals surface area contributed by atoms with E-state index in [2.05, 4.69) is 62.7 Å². The van der Waals surface area contributed by atoms with Crippen LogP contribution < -0.4 is 5.32 Å². The minimum Gasteiger partial charge on any atom is -0.306 e. The van der Waals surface area contributed by atoms with Crippen molar-refractivity contribution >= 4 is 0 Å². The van der Waals surface area contributed by atoms with E-state index in [0.717, 1.165) is 13.1 Å². The second kappa shape index (κ2) is 5.87. The molecular weight excluding hydrogens is 222 g/mol. The molecule has 0 saturated carbocycles. The van der Waals surface area contributed by atoms with Gasteiger partial charge >= 0.3 is 0 Å². The van der Waals surface area contributed by atoms with Crippen molar-refractivity contribution in [2.45, 2.75) is 73.0 Å². The molecule has 3 heteroatoms. The van der Waals surface area contributed by atoms with Crippen LogP contribution in [0.3, 0.4) is 0 Å². The highest BCUT2D eigenvalue weighted by Crippen LogP contribution is 2.21. The number of hydrogen-bond acceptors (Lipinski definition) is 2. The summed E-state index contributed by atoms with van der Waals surface area (Å²) in [7, 11) is 0. The normalized spacial score (nSPS) is 13.0. The van der Waals surface area contributed by atoms with Gasteiger partial charge < -0.3 is 5.32 Å². The minimum atomic E-state index is 0.153. The minimum absolute atomic E-state index is 0.153. The van der Waals surface area contributed by atoms with E-state index in [0.29, 0.717) is 5.41 Å². The number of hydrogen-bond donors (Lipinski definition) is 1. The van der Waals surface area contributed by atoms with Crippen LogP contribution in [0.2, 0.25) is 0 Å². The fourth-order valence-electron chi connectivity index (χ4n) is 1.83. The van der Waals surface area contributed by atoms with Crippen LogP contribution in [-0.4, -0.2) is 15.3 Å². The highest BCUT2D eigenvalue weighted by Gasteiger charge is 2.12. The van der Waals surface area contributed by atoms with Gasteiger partial charge in [0.2, 0.25) is 0 Å². The van der Waals surface area contributed by atoms with Crippen molar-refractivity contribution in [3.05, 3.63) is 18.0 Å². The molecule has 0 bridgehead atoms. The van der Waals surface area contributed by atoms with E-state index in [1.54, 1.807) is 0 Å². The van der Waals surface area contributed by atoms with E-state index in [-0.39, 0.29) is 5.54 Å². The Morgan fingerprint density at radius 1 is 1.17 bits per heavy atom. The van der Waals surface area contributed by atoms with E-state index >= 15 is 0 Å². The second-order valence-electron chi connectivity index (χ2n) is 7.31. The van der Waals surface area contributed by atoms with Crippen LogP contribution in [0.1, 0.15) is 60.1 Å². The van der Waals surface area contributed by atoms with Crippen LogP contribution in [0, 0.1) is 5.41 Å². The largest absolute Gasteiger partial charge is 0.306 e. The first-order chi connectivity index (χ1) is 8.17. The molecule has 1 rings (SSSR count).